The lowest BCUT2D eigenvalue weighted by atomic mass is 9.92. The molecule has 0 spiro atoms. The second kappa shape index (κ2) is 4.92. The second-order valence-electron chi connectivity index (χ2n) is 5.13. The lowest BCUT2D eigenvalue weighted by Gasteiger charge is -2.19. The van der Waals surface area contributed by atoms with E-state index in [0.717, 1.165) is 16.8 Å². The van der Waals surface area contributed by atoms with Crippen molar-refractivity contribution in [2.24, 2.45) is 0 Å². The van der Waals surface area contributed by atoms with Crippen molar-refractivity contribution in [3.63, 3.8) is 0 Å². The molecule has 0 atom stereocenters. The highest BCUT2D eigenvalue weighted by Crippen LogP contribution is 2.31. The Morgan fingerprint density at radius 3 is 2.06 bits per heavy atom. The zero-order valence-electron chi connectivity index (χ0n) is 11.2. The maximum absolute atomic E-state index is 13.7. The van der Waals surface area contributed by atoms with Gasteiger partial charge in [0, 0.05) is 12.3 Å². The summed E-state index contributed by atoms with van der Waals surface area (Å²) < 4.78 is 15.5. The molecule has 0 aliphatic heterocycles. The van der Waals surface area contributed by atoms with Gasteiger partial charge in [-0.15, -0.1) is 0 Å². The molecule has 1 aromatic heterocycles. The first-order valence-electron chi connectivity index (χ1n) is 6.25. The third-order valence-corrected chi connectivity index (χ3v) is 3.06. The molecular formula is C15H18FN2. The highest BCUT2D eigenvalue weighted by Gasteiger charge is 2.17. The van der Waals surface area contributed by atoms with E-state index < -0.39 is 0 Å². The van der Waals surface area contributed by atoms with Gasteiger partial charge < -0.3 is 0 Å². The van der Waals surface area contributed by atoms with Gasteiger partial charge in [-0.05, 0) is 35.1 Å². The van der Waals surface area contributed by atoms with Crippen molar-refractivity contribution in [2.75, 3.05) is 0 Å². The number of benzene rings is 1. The first kappa shape index (κ1) is 12.8. The van der Waals surface area contributed by atoms with Gasteiger partial charge in [-0.3, -0.25) is 0 Å². The molecule has 3 heteroatoms. The van der Waals surface area contributed by atoms with Gasteiger partial charge >= 0.3 is 0 Å². The van der Waals surface area contributed by atoms with Crippen molar-refractivity contribution in [1.82, 2.24) is 9.78 Å². The maximum Gasteiger partial charge on any atom is 0.123 e. The lowest BCUT2D eigenvalue weighted by molar-refractivity contribution is 0.615. The van der Waals surface area contributed by atoms with Crippen LogP contribution in [0.1, 0.15) is 50.7 Å². The van der Waals surface area contributed by atoms with Crippen molar-refractivity contribution in [2.45, 2.75) is 39.5 Å². The van der Waals surface area contributed by atoms with E-state index in [1.165, 1.54) is 0 Å². The largest absolute Gasteiger partial charge is 0.240 e. The van der Waals surface area contributed by atoms with Gasteiger partial charge in [-0.1, -0.05) is 27.7 Å². The van der Waals surface area contributed by atoms with E-state index in [9.17, 15) is 4.39 Å². The van der Waals surface area contributed by atoms with Crippen LogP contribution in [0.4, 0.5) is 4.39 Å². The van der Waals surface area contributed by atoms with E-state index in [-0.39, 0.29) is 17.7 Å². The number of aromatic nitrogens is 2. The van der Waals surface area contributed by atoms with Crippen LogP contribution in [0, 0.1) is 11.9 Å². The normalized spacial score (nSPS) is 11.5. The van der Waals surface area contributed by atoms with Crippen LogP contribution in [-0.2, 0) is 0 Å². The molecule has 2 rings (SSSR count). The molecule has 0 fully saturated rings. The molecule has 1 radical (unpaired) electrons. The molecule has 0 N–H and O–H groups in total. The van der Waals surface area contributed by atoms with Crippen LogP contribution in [-0.4, -0.2) is 9.78 Å². The number of rotatable bonds is 3. The van der Waals surface area contributed by atoms with Gasteiger partial charge in [-0.2, -0.15) is 5.10 Å². The van der Waals surface area contributed by atoms with Gasteiger partial charge in [-0.25, -0.2) is 9.07 Å². The summed E-state index contributed by atoms with van der Waals surface area (Å²) in [6.07, 6.45) is 3.41. The fourth-order valence-corrected chi connectivity index (χ4v) is 2.14. The quantitative estimate of drug-likeness (QED) is 0.797. The molecule has 0 bridgehead atoms. The van der Waals surface area contributed by atoms with Crippen molar-refractivity contribution < 1.29 is 4.39 Å². The Hall–Kier alpha value is -1.64. The van der Waals surface area contributed by atoms with E-state index in [2.05, 4.69) is 38.9 Å². The molecule has 0 saturated heterocycles. The Morgan fingerprint density at radius 1 is 1.11 bits per heavy atom. The summed E-state index contributed by atoms with van der Waals surface area (Å²) in [4.78, 5) is 0. The summed E-state index contributed by atoms with van der Waals surface area (Å²) in [5.74, 6) is 0.317. The average Bonchev–Trinajstić information content (AvgIpc) is 2.80. The third-order valence-electron chi connectivity index (χ3n) is 3.06. The van der Waals surface area contributed by atoms with Gasteiger partial charge in [0.25, 0.3) is 0 Å². The molecule has 0 unspecified atom stereocenters. The minimum absolute atomic E-state index is 0.178. The summed E-state index contributed by atoms with van der Waals surface area (Å²) in [7, 11) is 0. The van der Waals surface area contributed by atoms with Crippen molar-refractivity contribution in [1.29, 1.82) is 0 Å². The number of hydrogen-bond donors (Lipinski definition) is 0. The van der Waals surface area contributed by atoms with Crippen molar-refractivity contribution in [3.05, 3.63) is 47.5 Å². The predicted molar refractivity (Wildman–Crippen MR) is 70.5 cm³/mol. The van der Waals surface area contributed by atoms with Crippen LogP contribution in [0.3, 0.4) is 0 Å². The molecule has 95 valence electrons. The van der Waals surface area contributed by atoms with Gasteiger partial charge in [0.2, 0.25) is 0 Å². The molecule has 0 amide bonds. The molecule has 18 heavy (non-hydrogen) atoms. The fraction of sp³-hybridized carbons (Fsp3) is 0.400. The topological polar surface area (TPSA) is 17.8 Å². The van der Waals surface area contributed by atoms with Crippen LogP contribution in [0.2, 0.25) is 0 Å². The number of hydrogen-bond acceptors (Lipinski definition) is 1. The molecule has 2 aromatic rings. The van der Waals surface area contributed by atoms with E-state index in [0.29, 0.717) is 0 Å². The van der Waals surface area contributed by atoms with Crippen molar-refractivity contribution >= 4 is 0 Å². The van der Waals surface area contributed by atoms with E-state index in [1.54, 1.807) is 29.2 Å². The lowest BCUT2D eigenvalue weighted by Crippen LogP contribution is -2.08. The summed E-state index contributed by atoms with van der Waals surface area (Å²) in [6, 6.07) is 6.14. The highest BCUT2D eigenvalue weighted by atomic mass is 19.1. The standard InChI is InChI=1S/C15H18FN2/c1-10(2)13-8-12(16)9-14(11(3)4)15(13)18-7-5-6-17-18/h6-11H,1-4H3. The van der Waals surface area contributed by atoms with Crippen LogP contribution >= 0.6 is 0 Å². The Balaban J connectivity index is 2.73. The first-order chi connectivity index (χ1) is 8.50. The zero-order valence-corrected chi connectivity index (χ0v) is 11.2. The minimum atomic E-state index is -0.178. The van der Waals surface area contributed by atoms with E-state index in [4.69, 9.17) is 0 Å². The molecular weight excluding hydrogens is 227 g/mol. The highest BCUT2D eigenvalue weighted by molar-refractivity contribution is 5.50. The zero-order chi connectivity index (χ0) is 13.3. The van der Waals surface area contributed by atoms with E-state index >= 15 is 0 Å². The smallest absolute Gasteiger partial charge is 0.123 e. The van der Waals surface area contributed by atoms with E-state index in [1.807, 2.05) is 0 Å². The monoisotopic (exact) mass is 245 g/mol. The molecule has 1 heterocycles. The molecule has 0 saturated carbocycles. The Morgan fingerprint density at radius 2 is 1.67 bits per heavy atom. The second-order valence-corrected chi connectivity index (χ2v) is 5.13. The maximum atomic E-state index is 13.7. The molecule has 1 aromatic carbocycles. The molecule has 0 aliphatic rings. The van der Waals surface area contributed by atoms with Crippen molar-refractivity contribution in [3.8, 4) is 5.69 Å². The SMILES string of the molecule is CC(C)c1cc(F)cc(C(C)C)c1-n1c[c]cn1. The van der Waals surface area contributed by atoms with Crippen LogP contribution in [0.25, 0.3) is 5.69 Å². The van der Waals surface area contributed by atoms with Crippen LogP contribution in [0.5, 0.6) is 0 Å². The Labute approximate surface area is 107 Å². The first-order valence-corrected chi connectivity index (χ1v) is 6.25. The summed E-state index contributed by atoms with van der Waals surface area (Å²) in [6.45, 7) is 8.26. The minimum Gasteiger partial charge on any atom is -0.240 e. The van der Waals surface area contributed by atoms with Gasteiger partial charge in [0.05, 0.1) is 11.9 Å². The summed E-state index contributed by atoms with van der Waals surface area (Å²) >= 11 is 0. The predicted octanol–water partition coefficient (Wildman–Crippen LogP) is 4.06. The summed E-state index contributed by atoms with van der Waals surface area (Å²) in [5, 5.41) is 4.24. The van der Waals surface area contributed by atoms with Gasteiger partial charge in [0.1, 0.15) is 5.82 Å². The van der Waals surface area contributed by atoms with Crippen LogP contribution in [0.15, 0.2) is 24.5 Å². The fourth-order valence-electron chi connectivity index (χ4n) is 2.14. The average molecular weight is 245 g/mol. The molecule has 2 nitrogen and oxygen atoms in total. The third kappa shape index (κ3) is 2.30. The Kier molecular flexibility index (Phi) is 3.50. The summed E-state index contributed by atoms with van der Waals surface area (Å²) in [5.41, 5.74) is 2.95. The van der Waals surface area contributed by atoms with Gasteiger partial charge in [0.15, 0.2) is 0 Å². The van der Waals surface area contributed by atoms with Crippen LogP contribution < -0.4 is 0 Å². The number of nitrogens with zero attached hydrogens (tertiary/aromatic N) is 2. The molecule has 0 aliphatic carbocycles. The number of halogens is 1. The Bertz CT molecular complexity index is 498.